The average Bonchev–Trinajstić information content (AvgIpc) is 2.25. The first-order valence-corrected chi connectivity index (χ1v) is 6.15. The number of halogens is 1. The topological polar surface area (TPSA) is 47.6 Å². The third-order valence-electron chi connectivity index (χ3n) is 2.26. The van der Waals surface area contributed by atoms with Crippen molar-refractivity contribution in [2.75, 3.05) is 13.1 Å². The van der Waals surface area contributed by atoms with E-state index in [1.54, 1.807) is 12.1 Å². The van der Waals surface area contributed by atoms with Crippen LogP contribution in [0.4, 0.5) is 4.39 Å². The summed E-state index contributed by atoms with van der Waals surface area (Å²) in [7, 11) is 0. The molecule has 0 aliphatic carbocycles. The Balaban J connectivity index is 0.000000224. The summed E-state index contributed by atoms with van der Waals surface area (Å²) in [5.41, 5.74) is -0.318. The minimum Gasteiger partial charge on any atom is -0.488 e. The predicted octanol–water partition coefficient (Wildman–Crippen LogP) is 2.13. The van der Waals surface area contributed by atoms with Crippen molar-refractivity contribution in [3.8, 4) is 5.75 Å². The van der Waals surface area contributed by atoms with Gasteiger partial charge in [-0.25, -0.2) is 4.39 Å². The van der Waals surface area contributed by atoms with Gasteiger partial charge in [0.15, 0.2) is 0 Å². The molecule has 1 aliphatic rings. The molecule has 0 bridgehead atoms. The number of carbonyl (C=O) groups excluding carboxylic acids is 1. The van der Waals surface area contributed by atoms with Crippen molar-refractivity contribution in [1.82, 2.24) is 5.32 Å². The lowest BCUT2D eigenvalue weighted by atomic mass is 10.2. The number of nitrogens with one attached hydrogen (secondary N) is 1. The molecule has 0 radical (unpaired) electrons. The van der Waals surface area contributed by atoms with Gasteiger partial charge in [-0.2, -0.15) is 0 Å². The summed E-state index contributed by atoms with van der Waals surface area (Å²) < 4.78 is 22.5. The van der Waals surface area contributed by atoms with E-state index in [1.165, 1.54) is 12.1 Å². The number of rotatable bonds is 3. The van der Waals surface area contributed by atoms with Crippen molar-refractivity contribution >= 4 is 6.47 Å². The molecule has 1 heterocycles. The minimum absolute atomic E-state index is 0.228. The third kappa shape index (κ3) is 6.76. The Bertz CT molecular complexity index is 383. The number of hydrogen-bond donors (Lipinski definition) is 1. The predicted molar refractivity (Wildman–Crippen MR) is 70.6 cm³/mol. The summed E-state index contributed by atoms with van der Waals surface area (Å²) in [6.07, 6.45) is 0.260. The standard InChI is InChI=1S/C9H10FNO.C5H10O2/c10-7-1-3-8(4-2-7)12-9-5-11-6-9;1-5(2,3)7-4-6/h1-4,9,11H,5-6H2;4H,1-3H3. The van der Waals surface area contributed by atoms with Gasteiger partial charge in [-0.3, -0.25) is 4.79 Å². The Kier molecular flexibility index (Phi) is 5.76. The molecule has 1 aromatic carbocycles. The molecule has 1 aliphatic heterocycles. The number of benzene rings is 1. The summed E-state index contributed by atoms with van der Waals surface area (Å²) in [5.74, 6) is 0.511. The largest absolute Gasteiger partial charge is 0.488 e. The van der Waals surface area contributed by atoms with Gasteiger partial charge < -0.3 is 14.8 Å². The molecule has 0 unspecified atom stereocenters. The fourth-order valence-electron chi connectivity index (χ4n) is 1.20. The van der Waals surface area contributed by atoms with E-state index in [9.17, 15) is 9.18 Å². The molecule has 106 valence electrons. The monoisotopic (exact) mass is 269 g/mol. The van der Waals surface area contributed by atoms with E-state index in [0.717, 1.165) is 18.8 Å². The Morgan fingerprint density at radius 1 is 1.26 bits per heavy atom. The van der Waals surface area contributed by atoms with Crippen LogP contribution >= 0.6 is 0 Å². The quantitative estimate of drug-likeness (QED) is 0.854. The van der Waals surface area contributed by atoms with Crippen LogP contribution in [-0.2, 0) is 9.53 Å². The van der Waals surface area contributed by atoms with E-state index in [0.29, 0.717) is 6.47 Å². The van der Waals surface area contributed by atoms with Gasteiger partial charge in [-0.1, -0.05) is 0 Å². The maximum atomic E-state index is 12.5. The first-order chi connectivity index (χ1) is 8.90. The molecular weight excluding hydrogens is 249 g/mol. The molecule has 1 saturated heterocycles. The molecular formula is C14H20FNO3. The highest BCUT2D eigenvalue weighted by molar-refractivity contribution is 5.37. The highest BCUT2D eigenvalue weighted by Gasteiger charge is 2.17. The molecule has 0 spiro atoms. The zero-order chi connectivity index (χ0) is 14.3. The van der Waals surface area contributed by atoms with Crippen LogP contribution in [0.2, 0.25) is 0 Å². The Labute approximate surface area is 112 Å². The maximum Gasteiger partial charge on any atom is 0.293 e. The van der Waals surface area contributed by atoms with Gasteiger partial charge in [0.05, 0.1) is 0 Å². The van der Waals surface area contributed by atoms with Gasteiger partial charge in [0.25, 0.3) is 6.47 Å². The summed E-state index contributed by atoms with van der Waals surface area (Å²) in [4.78, 5) is 9.60. The van der Waals surface area contributed by atoms with Crippen molar-refractivity contribution in [2.24, 2.45) is 0 Å². The van der Waals surface area contributed by atoms with Crippen LogP contribution in [0, 0.1) is 5.82 Å². The van der Waals surface area contributed by atoms with Gasteiger partial charge in [-0.05, 0) is 45.0 Å². The lowest BCUT2D eigenvalue weighted by Crippen LogP contribution is -2.50. The van der Waals surface area contributed by atoms with Crippen molar-refractivity contribution in [3.05, 3.63) is 30.1 Å². The summed E-state index contributed by atoms with van der Waals surface area (Å²) in [5, 5.41) is 3.09. The van der Waals surface area contributed by atoms with Crippen molar-refractivity contribution < 1.29 is 18.7 Å². The van der Waals surface area contributed by atoms with E-state index in [2.05, 4.69) is 10.1 Å². The molecule has 5 heteroatoms. The van der Waals surface area contributed by atoms with E-state index in [-0.39, 0.29) is 17.5 Å². The van der Waals surface area contributed by atoms with Crippen LogP contribution in [0.5, 0.6) is 5.75 Å². The summed E-state index contributed by atoms with van der Waals surface area (Å²) >= 11 is 0. The van der Waals surface area contributed by atoms with Crippen LogP contribution in [0.1, 0.15) is 20.8 Å². The van der Waals surface area contributed by atoms with Gasteiger partial charge in [0.2, 0.25) is 0 Å². The average molecular weight is 269 g/mol. The molecule has 4 nitrogen and oxygen atoms in total. The van der Waals surface area contributed by atoms with Crippen LogP contribution in [0.15, 0.2) is 24.3 Å². The van der Waals surface area contributed by atoms with Crippen molar-refractivity contribution in [2.45, 2.75) is 32.5 Å². The number of hydrogen-bond acceptors (Lipinski definition) is 4. The fraction of sp³-hybridized carbons (Fsp3) is 0.500. The van der Waals surface area contributed by atoms with Crippen LogP contribution in [-0.4, -0.2) is 31.3 Å². The van der Waals surface area contributed by atoms with E-state index in [4.69, 9.17) is 4.74 Å². The first kappa shape index (κ1) is 15.4. The van der Waals surface area contributed by atoms with Gasteiger partial charge >= 0.3 is 0 Å². The highest BCUT2D eigenvalue weighted by atomic mass is 19.1. The highest BCUT2D eigenvalue weighted by Crippen LogP contribution is 2.14. The summed E-state index contributed by atoms with van der Waals surface area (Å²) in [6.45, 7) is 7.69. The molecule has 0 atom stereocenters. The van der Waals surface area contributed by atoms with E-state index >= 15 is 0 Å². The number of ether oxygens (including phenoxy) is 2. The molecule has 0 aromatic heterocycles. The smallest absolute Gasteiger partial charge is 0.293 e. The zero-order valence-corrected chi connectivity index (χ0v) is 11.5. The van der Waals surface area contributed by atoms with E-state index < -0.39 is 0 Å². The fourth-order valence-corrected chi connectivity index (χ4v) is 1.20. The molecule has 2 rings (SSSR count). The SMILES string of the molecule is CC(C)(C)OC=O.Fc1ccc(OC2CNC2)cc1. The lowest BCUT2D eigenvalue weighted by molar-refractivity contribution is -0.138. The first-order valence-electron chi connectivity index (χ1n) is 6.15. The zero-order valence-electron chi connectivity index (χ0n) is 11.5. The molecule has 1 N–H and O–H groups in total. The second-order valence-corrected chi connectivity index (χ2v) is 5.18. The lowest BCUT2D eigenvalue weighted by Gasteiger charge is -2.27. The molecule has 19 heavy (non-hydrogen) atoms. The second-order valence-electron chi connectivity index (χ2n) is 5.18. The molecule has 1 fully saturated rings. The molecule has 0 amide bonds. The number of carbonyl (C=O) groups is 1. The maximum absolute atomic E-state index is 12.5. The third-order valence-corrected chi connectivity index (χ3v) is 2.26. The molecule has 1 aromatic rings. The minimum atomic E-state index is -0.318. The Morgan fingerprint density at radius 2 is 1.84 bits per heavy atom. The van der Waals surface area contributed by atoms with Crippen molar-refractivity contribution in [3.63, 3.8) is 0 Å². The van der Waals surface area contributed by atoms with E-state index in [1.807, 2.05) is 20.8 Å². The second kappa shape index (κ2) is 7.09. The van der Waals surface area contributed by atoms with Crippen LogP contribution in [0.3, 0.4) is 0 Å². The Morgan fingerprint density at radius 3 is 2.16 bits per heavy atom. The van der Waals surface area contributed by atoms with Crippen molar-refractivity contribution in [1.29, 1.82) is 0 Å². The van der Waals surface area contributed by atoms with Gasteiger partial charge in [0, 0.05) is 13.1 Å². The van der Waals surface area contributed by atoms with Gasteiger partial charge in [-0.15, -0.1) is 0 Å². The Hall–Kier alpha value is -1.62. The summed E-state index contributed by atoms with van der Waals surface area (Å²) in [6, 6.07) is 6.10. The van der Waals surface area contributed by atoms with Gasteiger partial charge in [0.1, 0.15) is 23.3 Å². The normalized spacial score (nSPS) is 14.7. The van der Waals surface area contributed by atoms with Crippen LogP contribution < -0.4 is 10.1 Å². The molecule has 0 saturated carbocycles. The van der Waals surface area contributed by atoms with Crippen LogP contribution in [0.25, 0.3) is 0 Å².